The van der Waals surface area contributed by atoms with Gasteiger partial charge in [-0.05, 0) is 44.1 Å². The smallest absolute Gasteiger partial charge is 0.227 e. The standard InChI is InChI=1S/C25H31FN4O4S2/c1-4-29(5-2)16-19-15-21-24(35-19)23(8-11-27-21)34-22-7-6-18(14-20(22)26)28-25(31)17-9-12-30(13-10-17)36(3,32)33/h6-8,11,14-15,17H,4-5,9-10,12-13,16H2,1-3H3,(H,28,31). The molecule has 3 heterocycles. The first-order valence-corrected chi connectivity index (χ1v) is 14.7. The Bertz CT molecular complexity index is 1330. The van der Waals surface area contributed by atoms with E-state index in [2.05, 4.69) is 29.0 Å². The first kappa shape index (κ1) is 26.5. The number of pyridine rings is 1. The molecule has 1 aliphatic heterocycles. The predicted molar refractivity (Wildman–Crippen MR) is 140 cm³/mol. The zero-order valence-electron chi connectivity index (χ0n) is 20.7. The first-order chi connectivity index (χ1) is 17.2. The van der Waals surface area contributed by atoms with E-state index in [9.17, 15) is 17.6 Å². The molecule has 0 unspecified atom stereocenters. The molecule has 194 valence electrons. The SMILES string of the molecule is CCN(CC)Cc1cc2nccc(Oc3ccc(NC(=O)C4CCN(S(C)(=O)=O)CC4)cc3F)c2s1. The molecule has 2 aromatic heterocycles. The van der Waals surface area contributed by atoms with Gasteiger partial charge in [-0.2, -0.15) is 0 Å². The number of hydrogen-bond acceptors (Lipinski definition) is 7. The highest BCUT2D eigenvalue weighted by atomic mass is 32.2. The Morgan fingerprint density at radius 2 is 1.92 bits per heavy atom. The molecule has 0 bridgehead atoms. The fourth-order valence-corrected chi connectivity index (χ4v) is 6.24. The van der Waals surface area contributed by atoms with Gasteiger partial charge in [0.15, 0.2) is 11.6 Å². The van der Waals surface area contributed by atoms with Crippen LogP contribution < -0.4 is 10.1 Å². The fourth-order valence-electron chi connectivity index (χ4n) is 4.26. The van der Waals surface area contributed by atoms with Gasteiger partial charge in [-0.3, -0.25) is 14.7 Å². The number of hydrogen-bond donors (Lipinski definition) is 1. The summed E-state index contributed by atoms with van der Waals surface area (Å²) >= 11 is 1.59. The van der Waals surface area contributed by atoms with Gasteiger partial charge in [-0.1, -0.05) is 13.8 Å². The maximum Gasteiger partial charge on any atom is 0.227 e. The van der Waals surface area contributed by atoms with Gasteiger partial charge in [-0.25, -0.2) is 17.1 Å². The van der Waals surface area contributed by atoms with Crippen LogP contribution in [0.3, 0.4) is 0 Å². The Hall–Kier alpha value is -2.60. The van der Waals surface area contributed by atoms with Crippen molar-refractivity contribution in [2.24, 2.45) is 5.92 Å². The van der Waals surface area contributed by atoms with Crippen molar-refractivity contribution in [3.8, 4) is 11.5 Å². The number of fused-ring (bicyclic) bond motifs is 1. The van der Waals surface area contributed by atoms with Crippen molar-refractivity contribution in [2.75, 3.05) is 37.8 Å². The van der Waals surface area contributed by atoms with Gasteiger partial charge >= 0.3 is 0 Å². The monoisotopic (exact) mass is 534 g/mol. The average molecular weight is 535 g/mol. The highest BCUT2D eigenvalue weighted by Gasteiger charge is 2.29. The number of piperidine rings is 1. The zero-order valence-corrected chi connectivity index (χ0v) is 22.3. The molecule has 0 radical (unpaired) electrons. The van der Waals surface area contributed by atoms with Crippen LogP contribution in [0.2, 0.25) is 0 Å². The van der Waals surface area contributed by atoms with Crippen molar-refractivity contribution in [3.05, 3.63) is 47.2 Å². The summed E-state index contributed by atoms with van der Waals surface area (Å²) in [5.41, 5.74) is 1.14. The number of halogens is 1. The van der Waals surface area contributed by atoms with E-state index >= 15 is 0 Å². The van der Waals surface area contributed by atoms with E-state index in [-0.39, 0.29) is 17.6 Å². The average Bonchev–Trinajstić information content (AvgIpc) is 3.27. The van der Waals surface area contributed by atoms with E-state index in [4.69, 9.17) is 4.74 Å². The minimum atomic E-state index is -3.26. The highest BCUT2D eigenvalue weighted by Crippen LogP contribution is 2.36. The summed E-state index contributed by atoms with van der Waals surface area (Å²) in [4.78, 5) is 20.5. The summed E-state index contributed by atoms with van der Waals surface area (Å²) < 4.78 is 46.4. The van der Waals surface area contributed by atoms with Gasteiger partial charge in [0.05, 0.1) is 16.5 Å². The summed E-state index contributed by atoms with van der Waals surface area (Å²) in [6.07, 6.45) is 3.67. The normalized spacial score (nSPS) is 15.5. The molecule has 36 heavy (non-hydrogen) atoms. The van der Waals surface area contributed by atoms with Crippen LogP contribution in [0.1, 0.15) is 31.6 Å². The molecule has 4 rings (SSSR count). The van der Waals surface area contributed by atoms with E-state index in [1.54, 1.807) is 29.7 Å². The van der Waals surface area contributed by atoms with Crippen LogP contribution in [0.5, 0.6) is 11.5 Å². The molecule has 1 N–H and O–H groups in total. The lowest BCUT2D eigenvalue weighted by atomic mass is 9.97. The van der Waals surface area contributed by atoms with Gasteiger partial charge in [-0.15, -0.1) is 11.3 Å². The number of aromatic nitrogens is 1. The Balaban J connectivity index is 1.43. The number of sulfonamides is 1. The van der Waals surface area contributed by atoms with Gasteiger partial charge in [0, 0.05) is 54.4 Å². The molecular weight excluding hydrogens is 503 g/mol. The summed E-state index contributed by atoms with van der Waals surface area (Å²) in [7, 11) is -3.26. The number of ether oxygens (including phenoxy) is 1. The zero-order chi connectivity index (χ0) is 25.9. The van der Waals surface area contributed by atoms with Crippen molar-refractivity contribution in [1.29, 1.82) is 0 Å². The first-order valence-electron chi connectivity index (χ1n) is 12.0. The third kappa shape index (κ3) is 6.20. The van der Waals surface area contributed by atoms with Crippen LogP contribution in [-0.2, 0) is 21.4 Å². The molecule has 1 aromatic carbocycles. The Morgan fingerprint density at radius 1 is 1.19 bits per heavy atom. The number of carbonyl (C=O) groups excluding carboxylic acids is 1. The molecule has 0 saturated carbocycles. The molecule has 1 saturated heterocycles. The number of carbonyl (C=O) groups is 1. The maximum atomic E-state index is 14.9. The number of nitrogens with zero attached hydrogens (tertiary/aromatic N) is 3. The van der Waals surface area contributed by atoms with Crippen molar-refractivity contribution in [2.45, 2.75) is 33.2 Å². The second kappa shape index (κ2) is 11.2. The van der Waals surface area contributed by atoms with Crippen LogP contribution in [-0.4, -0.2) is 60.9 Å². The van der Waals surface area contributed by atoms with Gasteiger partial charge in [0.1, 0.15) is 5.75 Å². The van der Waals surface area contributed by atoms with E-state index in [0.717, 1.165) is 34.7 Å². The number of benzene rings is 1. The van der Waals surface area contributed by atoms with Crippen LogP contribution in [0.15, 0.2) is 36.5 Å². The molecule has 0 aliphatic carbocycles. The van der Waals surface area contributed by atoms with Crippen LogP contribution in [0, 0.1) is 11.7 Å². The van der Waals surface area contributed by atoms with Crippen molar-refractivity contribution < 1.29 is 22.3 Å². The lowest BCUT2D eigenvalue weighted by molar-refractivity contribution is -0.120. The maximum absolute atomic E-state index is 14.9. The number of amides is 1. The van der Waals surface area contributed by atoms with Gasteiger partial charge in [0.2, 0.25) is 15.9 Å². The summed E-state index contributed by atoms with van der Waals surface area (Å²) in [5, 5.41) is 2.74. The molecule has 1 aliphatic rings. The quantitative estimate of drug-likeness (QED) is 0.429. The van der Waals surface area contributed by atoms with Gasteiger partial charge < -0.3 is 10.1 Å². The predicted octanol–water partition coefficient (Wildman–Crippen LogP) is 4.68. The lowest BCUT2D eigenvalue weighted by Gasteiger charge is -2.29. The number of anilines is 1. The Kier molecular flexibility index (Phi) is 8.23. The van der Waals surface area contributed by atoms with E-state index in [0.29, 0.717) is 37.4 Å². The summed E-state index contributed by atoms with van der Waals surface area (Å²) in [6, 6.07) is 8.09. The van der Waals surface area contributed by atoms with Crippen LogP contribution in [0.25, 0.3) is 10.2 Å². The largest absolute Gasteiger partial charge is 0.453 e. The van der Waals surface area contributed by atoms with E-state index in [1.165, 1.54) is 22.7 Å². The van der Waals surface area contributed by atoms with Gasteiger partial charge in [0.25, 0.3) is 0 Å². The molecule has 1 fully saturated rings. The number of nitrogens with one attached hydrogen (secondary N) is 1. The molecule has 0 spiro atoms. The van der Waals surface area contributed by atoms with Crippen molar-refractivity contribution in [3.63, 3.8) is 0 Å². The lowest BCUT2D eigenvalue weighted by Crippen LogP contribution is -2.40. The third-order valence-electron chi connectivity index (χ3n) is 6.41. The third-order valence-corrected chi connectivity index (χ3v) is 8.84. The van der Waals surface area contributed by atoms with E-state index < -0.39 is 15.8 Å². The fraction of sp³-hybridized carbons (Fsp3) is 0.440. The van der Waals surface area contributed by atoms with E-state index in [1.807, 2.05) is 6.07 Å². The molecular formula is C25H31FN4O4S2. The summed E-state index contributed by atoms with van der Waals surface area (Å²) in [6.45, 7) is 7.59. The Labute approximate surface area is 215 Å². The molecule has 1 amide bonds. The highest BCUT2D eigenvalue weighted by molar-refractivity contribution is 7.88. The van der Waals surface area contributed by atoms with Crippen molar-refractivity contribution >= 4 is 43.2 Å². The van der Waals surface area contributed by atoms with Crippen LogP contribution in [0.4, 0.5) is 10.1 Å². The van der Waals surface area contributed by atoms with Crippen LogP contribution >= 0.6 is 11.3 Å². The molecule has 11 heteroatoms. The summed E-state index contributed by atoms with van der Waals surface area (Å²) in [5.74, 6) is -0.572. The van der Waals surface area contributed by atoms with Crippen molar-refractivity contribution in [1.82, 2.24) is 14.2 Å². The number of thiophene rings is 1. The number of rotatable bonds is 9. The second-order valence-corrected chi connectivity index (χ2v) is 12.0. The minimum Gasteiger partial charge on any atom is -0.453 e. The second-order valence-electron chi connectivity index (χ2n) is 8.87. The molecule has 8 nitrogen and oxygen atoms in total. The minimum absolute atomic E-state index is 0.0562. The Morgan fingerprint density at radius 3 is 2.56 bits per heavy atom. The topological polar surface area (TPSA) is 91.8 Å². The molecule has 3 aromatic rings. The molecule has 0 atom stereocenters.